The third kappa shape index (κ3) is 3.26. The molecule has 0 amide bonds. The van der Waals surface area contributed by atoms with Crippen LogP contribution in [0.4, 0.5) is 0 Å². The van der Waals surface area contributed by atoms with Gasteiger partial charge in [0.05, 0.1) is 5.16 Å². The Morgan fingerprint density at radius 2 is 2.12 bits per heavy atom. The Kier molecular flexibility index (Phi) is 4.35. The van der Waals surface area contributed by atoms with Gasteiger partial charge in [-0.3, -0.25) is 0 Å². The molecule has 84 valence electrons. The highest BCUT2D eigenvalue weighted by molar-refractivity contribution is 7.78. The van der Waals surface area contributed by atoms with Crippen molar-refractivity contribution in [1.82, 2.24) is 0 Å². The van der Waals surface area contributed by atoms with Crippen molar-refractivity contribution in [3.8, 4) is 0 Å². The first-order valence-corrected chi connectivity index (χ1v) is 5.36. The number of benzene rings is 1. The highest BCUT2D eigenvalue weighted by atomic mass is 32.1. The lowest BCUT2D eigenvalue weighted by atomic mass is 9.94. The number of aliphatic imine (C=N–C) groups is 1. The first kappa shape index (κ1) is 12.6. The zero-order valence-corrected chi connectivity index (χ0v) is 9.83. The van der Waals surface area contributed by atoms with Crippen molar-refractivity contribution in [3.63, 3.8) is 0 Å². The second-order valence-corrected chi connectivity index (χ2v) is 3.95. The maximum Gasteiger partial charge on any atom is 0.332 e. The summed E-state index contributed by atoms with van der Waals surface area (Å²) in [5.74, 6) is -0.971. The van der Waals surface area contributed by atoms with Crippen LogP contribution in [0.25, 0.3) is 0 Å². The van der Waals surface area contributed by atoms with Gasteiger partial charge < -0.3 is 5.11 Å². The largest absolute Gasteiger partial charge is 0.479 e. The Bertz CT molecular complexity index is 408. The average molecular weight is 235 g/mol. The van der Waals surface area contributed by atoms with Gasteiger partial charge in [-0.2, -0.15) is 0 Å². The minimum Gasteiger partial charge on any atom is -0.479 e. The van der Waals surface area contributed by atoms with Crippen LogP contribution in [0.2, 0.25) is 0 Å². The third-order valence-corrected chi connectivity index (χ3v) is 2.59. The van der Waals surface area contributed by atoms with E-state index in [4.69, 9.17) is 5.11 Å². The summed E-state index contributed by atoms with van der Waals surface area (Å²) >= 11 is 4.47. The number of carbonyl (C=O) groups is 1. The van der Waals surface area contributed by atoms with Gasteiger partial charge in [-0.05, 0) is 37.5 Å². The highest BCUT2D eigenvalue weighted by Crippen LogP contribution is 2.18. The Morgan fingerprint density at radius 1 is 1.50 bits per heavy atom. The zero-order valence-electron chi connectivity index (χ0n) is 9.01. The van der Waals surface area contributed by atoms with E-state index in [2.05, 4.69) is 22.4 Å². The molecule has 0 fully saturated rings. The quantitative estimate of drug-likeness (QED) is 0.630. The normalized spacial score (nSPS) is 13.6. The molecule has 0 aliphatic carbocycles. The number of rotatable bonds is 5. The Morgan fingerprint density at radius 3 is 2.62 bits per heavy atom. The van der Waals surface area contributed by atoms with Crippen LogP contribution >= 0.6 is 12.2 Å². The summed E-state index contributed by atoms with van der Waals surface area (Å²) in [7, 11) is 0. The number of aliphatic carboxylic acids is 1. The molecule has 0 heterocycles. The molecule has 0 aliphatic rings. The molecule has 0 radical (unpaired) electrons. The molecule has 1 atom stereocenters. The standard InChI is InChI=1S/C12H13NO2S/c1-12(11(14)15,13-9-16)8-7-10-5-3-2-4-6-10/h2-6H,7-8H2,1H3,(H,14,15). The van der Waals surface area contributed by atoms with Crippen LogP contribution in [0.3, 0.4) is 0 Å². The van der Waals surface area contributed by atoms with Crippen molar-refractivity contribution < 1.29 is 9.90 Å². The van der Waals surface area contributed by atoms with Gasteiger partial charge in [-0.25, -0.2) is 9.79 Å². The number of hydrogen-bond donors (Lipinski definition) is 1. The summed E-state index contributed by atoms with van der Waals surface area (Å²) in [4.78, 5) is 14.8. The third-order valence-electron chi connectivity index (χ3n) is 2.50. The SMILES string of the molecule is CC(CCc1ccccc1)(N=C=S)C(=O)O. The van der Waals surface area contributed by atoms with Gasteiger partial charge in [-0.15, -0.1) is 0 Å². The number of hydrogen-bond acceptors (Lipinski definition) is 3. The summed E-state index contributed by atoms with van der Waals surface area (Å²) < 4.78 is 0. The molecule has 1 aromatic rings. The molecule has 1 rings (SSSR count). The average Bonchev–Trinajstić information content (AvgIpc) is 2.28. The lowest BCUT2D eigenvalue weighted by Crippen LogP contribution is -2.33. The van der Waals surface area contributed by atoms with Crippen LogP contribution in [-0.4, -0.2) is 21.8 Å². The van der Waals surface area contributed by atoms with Gasteiger partial charge >= 0.3 is 5.97 Å². The van der Waals surface area contributed by atoms with Crippen LogP contribution in [0.15, 0.2) is 35.3 Å². The summed E-state index contributed by atoms with van der Waals surface area (Å²) in [5.41, 5.74) is -0.0769. The topological polar surface area (TPSA) is 49.7 Å². The second kappa shape index (κ2) is 5.54. The summed E-state index contributed by atoms with van der Waals surface area (Å²) in [6.07, 6.45) is 1.07. The monoisotopic (exact) mass is 235 g/mol. The van der Waals surface area contributed by atoms with E-state index in [1.807, 2.05) is 30.3 Å². The fourth-order valence-electron chi connectivity index (χ4n) is 1.34. The maximum absolute atomic E-state index is 11.1. The first-order valence-electron chi connectivity index (χ1n) is 4.95. The van der Waals surface area contributed by atoms with Crippen LogP contribution < -0.4 is 0 Å². The van der Waals surface area contributed by atoms with Gasteiger partial charge in [0, 0.05) is 0 Å². The Labute approximate surface area is 99.8 Å². The number of carboxylic acids is 1. The van der Waals surface area contributed by atoms with Gasteiger partial charge in [0.2, 0.25) is 0 Å². The van der Waals surface area contributed by atoms with E-state index in [1.54, 1.807) is 6.92 Å². The molecule has 0 aliphatic heterocycles. The molecule has 4 heteroatoms. The molecule has 3 nitrogen and oxygen atoms in total. The fourth-order valence-corrected chi connectivity index (χ4v) is 1.55. The number of aryl methyl sites for hydroxylation is 1. The smallest absolute Gasteiger partial charge is 0.332 e. The van der Waals surface area contributed by atoms with Gasteiger partial charge in [-0.1, -0.05) is 30.3 Å². The lowest BCUT2D eigenvalue weighted by Gasteiger charge is -2.18. The number of nitrogens with zero attached hydrogens (tertiary/aromatic N) is 1. The van der Waals surface area contributed by atoms with E-state index in [-0.39, 0.29) is 0 Å². The van der Waals surface area contributed by atoms with Crippen molar-refractivity contribution in [3.05, 3.63) is 35.9 Å². The number of carboxylic acid groups (broad SMARTS) is 1. The van der Waals surface area contributed by atoms with E-state index in [9.17, 15) is 4.79 Å². The molecule has 1 unspecified atom stereocenters. The minimum atomic E-state index is -1.17. The van der Waals surface area contributed by atoms with Crippen LogP contribution in [0.5, 0.6) is 0 Å². The van der Waals surface area contributed by atoms with Crippen LogP contribution in [0.1, 0.15) is 18.9 Å². The van der Waals surface area contributed by atoms with Gasteiger partial charge in [0.1, 0.15) is 0 Å². The van der Waals surface area contributed by atoms with E-state index >= 15 is 0 Å². The molecule has 16 heavy (non-hydrogen) atoms. The summed E-state index contributed by atoms with van der Waals surface area (Å²) in [6.45, 7) is 1.55. The molecular weight excluding hydrogens is 222 g/mol. The van der Waals surface area contributed by atoms with Crippen LogP contribution in [0, 0.1) is 0 Å². The first-order chi connectivity index (χ1) is 7.58. The molecule has 0 saturated heterocycles. The second-order valence-electron chi connectivity index (χ2n) is 3.77. The van der Waals surface area contributed by atoms with E-state index in [0.717, 1.165) is 5.56 Å². The Hall–Kier alpha value is -1.51. The van der Waals surface area contributed by atoms with Gasteiger partial charge in [0.25, 0.3) is 0 Å². The fraction of sp³-hybridized carbons (Fsp3) is 0.333. The lowest BCUT2D eigenvalue weighted by molar-refractivity contribution is -0.142. The molecule has 0 aromatic heterocycles. The maximum atomic E-state index is 11.1. The molecule has 1 N–H and O–H groups in total. The highest BCUT2D eigenvalue weighted by Gasteiger charge is 2.31. The Balaban J connectivity index is 2.72. The summed E-state index contributed by atoms with van der Waals surface area (Å²) in [6, 6.07) is 9.70. The van der Waals surface area contributed by atoms with E-state index < -0.39 is 11.5 Å². The van der Waals surface area contributed by atoms with E-state index in [1.165, 1.54) is 0 Å². The predicted octanol–water partition coefficient (Wildman–Crippen LogP) is 2.57. The van der Waals surface area contributed by atoms with Crippen molar-refractivity contribution in [1.29, 1.82) is 0 Å². The zero-order chi connectivity index (χ0) is 12.0. The van der Waals surface area contributed by atoms with E-state index in [0.29, 0.717) is 12.8 Å². The molecule has 0 saturated carbocycles. The van der Waals surface area contributed by atoms with Crippen molar-refractivity contribution in [2.75, 3.05) is 0 Å². The van der Waals surface area contributed by atoms with Crippen molar-refractivity contribution >= 4 is 23.3 Å². The van der Waals surface area contributed by atoms with Crippen molar-refractivity contribution in [2.24, 2.45) is 4.99 Å². The number of isothiocyanates is 1. The number of thiocarbonyl (C=S) groups is 1. The molecular formula is C12H13NO2S. The van der Waals surface area contributed by atoms with Crippen LogP contribution in [-0.2, 0) is 11.2 Å². The molecule has 0 spiro atoms. The minimum absolute atomic E-state index is 0.413. The van der Waals surface area contributed by atoms with Gasteiger partial charge in [0.15, 0.2) is 5.54 Å². The summed E-state index contributed by atoms with van der Waals surface area (Å²) in [5, 5.41) is 11.2. The predicted molar refractivity (Wildman–Crippen MR) is 65.8 cm³/mol. The molecule has 1 aromatic carbocycles. The molecule has 0 bridgehead atoms. The van der Waals surface area contributed by atoms with Crippen molar-refractivity contribution in [2.45, 2.75) is 25.3 Å².